The molecule has 126 valence electrons. The van der Waals surface area contributed by atoms with Gasteiger partial charge in [0.15, 0.2) is 0 Å². The van der Waals surface area contributed by atoms with Crippen LogP contribution < -0.4 is 5.32 Å². The minimum atomic E-state index is 0.155. The molecule has 23 heavy (non-hydrogen) atoms. The Bertz CT molecular complexity index is 512. The predicted octanol–water partition coefficient (Wildman–Crippen LogP) is 1.34. The minimum Gasteiger partial charge on any atom is -0.379 e. The van der Waals surface area contributed by atoms with Crippen LogP contribution in [0.15, 0.2) is 24.3 Å². The fourth-order valence-electron chi connectivity index (χ4n) is 3.35. The van der Waals surface area contributed by atoms with Gasteiger partial charge in [0.1, 0.15) is 0 Å². The lowest BCUT2D eigenvalue weighted by Gasteiger charge is -2.32. The number of likely N-dealkylation sites (N-methyl/N-ethyl adjacent to an activating group) is 1. The highest BCUT2D eigenvalue weighted by Gasteiger charge is 2.23. The smallest absolute Gasteiger partial charge is 0.253 e. The molecule has 5 nitrogen and oxygen atoms in total. The van der Waals surface area contributed by atoms with Crippen LogP contribution in [-0.2, 0) is 11.3 Å². The summed E-state index contributed by atoms with van der Waals surface area (Å²) in [7, 11) is 1.97. The molecule has 0 aromatic heterocycles. The maximum absolute atomic E-state index is 12.6. The molecule has 2 saturated heterocycles. The third-order valence-electron chi connectivity index (χ3n) is 4.83. The average Bonchev–Trinajstić information content (AvgIpc) is 2.63. The van der Waals surface area contributed by atoms with Gasteiger partial charge in [-0.3, -0.25) is 9.69 Å². The van der Waals surface area contributed by atoms with Gasteiger partial charge in [0, 0.05) is 44.3 Å². The molecule has 5 heteroatoms. The molecular formula is C18H27N3O2. The number of benzene rings is 1. The summed E-state index contributed by atoms with van der Waals surface area (Å²) in [5.74, 6) is 0.155. The lowest BCUT2D eigenvalue weighted by atomic mass is 10.0. The third-order valence-corrected chi connectivity index (χ3v) is 4.83. The van der Waals surface area contributed by atoms with Gasteiger partial charge in [0.25, 0.3) is 5.91 Å². The summed E-state index contributed by atoms with van der Waals surface area (Å²) in [5.41, 5.74) is 2.06. The van der Waals surface area contributed by atoms with Crippen molar-refractivity contribution in [2.75, 3.05) is 46.4 Å². The SMILES string of the molecule is CN[C@H]1CCCN(C(=O)c2ccc(CN3CCOCC3)cc2)C1. The Labute approximate surface area is 138 Å². The van der Waals surface area contributed by atoms with Gasteiger partial charge in [-0.1, -0.05) is 12.1 Å². The van der Waals surface area contributed by atoms with Crippen molar-refractivity contribution in [1.29, 1.82) is 0 Å². The van der Waals surface area contributed by atoms with Crippen molar-refractivity contribution in [2.45, 2.75) is 25.4 Å². The first kappa shape index (κ1) is 16.4. The monoisotopic (exact) mass is 317 g/mol. The van der Waals surface area contributed by atoms with Crippen molar-refractivity contribution in [1.82, 2.24) is 15.1 Å². The summed E-state index contributed by atoms with van der Waals surface area (Å²) in [5, 5.41) is 3.29. The summed E-state index contributed by atoms with van der Waals surface area (Å²) in [6.45, 7) is 6.22. The molecule has 1 amide bonds. The van der Waals surface area contributed by atoms with Gasteiger partial charge >= 0.3 is 0 Å². The summed E-state index contributed by atoms with van der Waals surface area (Å²) in [6, 6.07) is 8.54. The second-order valence-electron chi connectivity index (χ2n) is 6.46. The third kappa shape index (κ3) is 4.31. The van der Waals surface area contributed by atoms with E-state index in [0.29, 0.717) is 6.04 Å². The minimum absolute atomic E-state index is 0.155. The topological polar surface area (TPSA) is 44.8 Å². The summed E-state index contributed by atoms with van der Waals surface area (Å²) in [4.78, 5) is 17.0. The van der Waals surface area contributed by atoms with Gasteiger partial charge in [-0.25, -0.2) is 0 Å². The van der Waals surface area contributed by atoms with Crippen LogP contribution in [0.5, 0.6) is 0 Å². The number of morpholine rings is 1. The van der Waals surface area contributed by atoms with Crippen LogP contribution in [0.1, 0.15) is 28.8 Å². The lowest BCUT2D eigenvalue weighted by Crippen LogP contribution is -2.46. The molecule has 2 aliphatic rings. The van der Waals surface area contributed by atoms with Gasteiger partial charge in [0.2, 0.25) is 0 Å². The first-order chi connectivity index (χ1) is 11.3. The van der Waals surface area contributed by atoms with Crippen LogP contribution in [0, 0.1) is 0 Å². The second kappa shape index (κ2) is 7.90. The molecule has 1 atom stereocenters. The number of hydrogen-bond donors (Lipinski definition) is 1. The number of likely N-dealkylation sites (tertiary alicyclic amines) is 1. The largest absolute Gasteiger partial charge is 0.379 e. The zero-order valence-corrected chi connectivity index (χ0v) is 14.0. The quantitative estimate of drug-likeness (QED) is 0.910. The van der Waals surface area contributed by atoms with Crippen LogP contribution in [0.4, 0.5) is 0 Å². The van der Waals surface area contributed by atoms with Crippen molar-refractivity contribution in [3.63, 3.8) is 0 Å². The van der Waals surface area contributed by atoms with Crippen molar-refractivity contribution in [3.8, 4) is 0 Å². The van der Waals surface area contributed by atoms with Crippen LogP contribution >= 0.6 is 0 Å². The number of nitrogens with zero attached hydrogens (tertiary/aromatic N) is 2. The Hall–Kier alpha value is -1.43. The Morgan fingerprint density at radius 1 is 1.22 bits per heavy atom. The van der Waals surface area contributed by atoms with E-state index in [1.807, 2.05) is 24.1 Å². The molecule has 0 unspecified atom stereocenters. The van der Waals surface area contributed by atoms with Crippen LogP contribution in [0.25, 0.3) is 0 Å². The van der Waals surface area contributed by atoms with E-state index in [9.17, 15) is 4.79 Å². The van der Waals surface area contributed by atoms with E-state index >= 15 is 0 Å². The predicted molar refractivity (Wildman–Crippen MR) is 90.5 cm³/mol. The van der Waals surface area contributed by atoms with Crippen LogP contribution in [-0.4, -0.2) is 68.2 Å². The molecule has 2 fully saturated rings. The standard InChI is InChI=1S/C18H27N3O2/c1-19-17-3-2-8-21(14-17)18(22)16-6-4-15(5-7-16)13-20-9-11-23-12-10-20/h4-7,17,19H,2-3,8-14H2,1H3/t17-/m0/s1. The number of carbonyl (C=O) groups excluding carboxylic acids is 1. The number of carbonyl (C=O) groups is 1. The maximum atomic E-state index is 12.6. The normalized spacial score (nSPS) is 23.0. The van der Waals surface area contributed by atoms with Gasteiger partial charge in [-0.05, 0) is 37.6 Å². The first-order valence-electron chi connectivity index (χ1n) is 8.62. The lowest BCUT2D eigenvalue weighted by molar-refractivity contribution is 0.0342. The van der Waals surface area contributed by atoms with Crippen LogP contribution in [0.2, 0.25) is 0 Å². The molecule has 1 aromatic rings. The fraction of sp³-hybridized carbons (Fsp3) is 0.611. The highest BCUT2D eigenvalue weighted by molar-refractivity contribution is 5.94. The Balaban J connectivity index is 1.58. The van der Waals surface area contributed by atoms with E-state index in [4.69, 9.17) is 4.74 Å². The van der Waals surface area contributed by atoms with E-state index in [1.54, 1.807) is 0 Å². The van der Waals surface area contributed by atoms with Crippen molar-refractivity contribution < 1.29 is 9.53 Å². The van der Waals surface area contributed by atoms with Crippen molar-refractivity contribution in [3.05, 3.63) is 35.4 Å². The average molecular weight is 317 g/mol. The summed E-state index contributed by atoms with van der Waals surface area (Å²) in [6.07, 6.45) is 2.23. The molecule has 0 saturated carbocycles. The summed E-state index contributed by atoms with van der Waals surface area (Å²) >= 11 is 0. The molecule has 0 spiro atoms. The Morgan fingerprint density at radius 2 is 1.96 bits per heavy atom. The Morgan fingerprint density at radius 3 is 2.65 bits per heavy atom. The fourth-order valence-corrected chi connectivity index (χ4v) is 3.35. The van der Waals surface area contributed by atoms with E-state index < -0.39 is 0 Å². The highest BCUT2D eigenvalue weighted by Crippen LogP contribution is 2.15. The number of nitrogens with one attached hydrogen (secondary N) is 1. The van der Waals surface area contributed by atoms with E-state index in [0.717, 1.165) is 64.3 Å². The zero-order chi connectivity index (χ0) is 16.1. The maximum Gasteiger partial charge on any atom is 0.253 e. The number of piperidine rings is 1. The first-order valence-corrected chi connectivity index (χ1v) is 8.62. The van der Waals surface area contributed by atoms with Crippen molar-refractivity contribution >= 4 is 5.91 Å². The van der Waals surface area contributed by atoms with Gasteiger partial charge in [0.05, 0.1) is 13.2 Å². The van der Waals surface area contributed by atoms with E-state index in [2.05, 4.69) is 22.3 Å². The number of hydrogen-bond acceptors (Lipinski definition) is 4. The van der Waals surface area contributed by atoms with Gasteiger partial charge in [-0.15, -0.1) is 0 Å². The Kier molecular flexibility index (Phi) is 5.65. The number of ether oxygens (including phenoxy) is 1. The van der Waals surface area contributed by atoms with Crippen LogP contribution in [0.3, 0.4) is 0 Å². The molecular weight excluding hydrogens is 290 g/mol. The van der Waals surface area contributed by atoms with Gasteiger partial charge in [-0.2, -0.15) is 0 Å². The summed E-state index contributed by atoms with van der Waals surface area (Å²) < 4.78 is 5.38. The second-order valence-corrected chi connectivity index (χ2v) is 6.46. The highest BCUT2D eigenvalue weighted by atomic mass is 16.5. The van der Waals surface area contributed by atoms with Crippen molar-refractivity contribution in [2.24, 2.45) is 0 Å². The molecule has 0 aliphatic carbocycles. The molecule has 1 aromatic carbocycles. The molecule has 2 aliphatic heterocycles. The van der Waals surface area contributed by atoms with E-state index in [1.165, 1.54) is 5.56 Å². The number of amides is 1. The molecule has 0 bridgehead atoms. The molecule has 0 radical (unpaired) electrons. The molecule has 3 rings (SSSR count). The molecule has 2 heterocycles. The zero-order valence-electron chi connectivity index (χ0n) is 14.0. The van der Waals surface area contributed by atoms with Gasteiger partial charge < -0.3 is 15.0 Å². The van der Waals surface area contributed by atoms with E-state index in [-0.39, 0.29) is 5.91 Å². The number of rotatable bonds is 4. The molecule has 1 N–H and O–H groups in total.